The molecule has 0 radical (unpaired) electrons. The molecule has 8 nitrogen and oxygen atoms in total. The van der Waals surface area contributed by atoms with E-state index in [1.54, 1.807) is 29.2 Å². The Morgan fingerprint density at radius 3 is 3.04 bits per heavy atom. The first kappa shape index (κ1) is 15.1. The largest absolute Gasteiger partial charge is 0.310 e. The molecule has 0 aliphatic heterocycles. The first-order valence-corrected chi connectivity index (χ1v) is 8.92. The predicted molar refractivity (Wildman–Crippen MR) is 89.9 cm³/mol. The Kier molecular flexibility index (Phi) is 4.16. The van der Waals surface area contributed by atoms with E-state index in [2.05, 4.69) is 25.5 Å². The topological polar surface area (TPSA) is 90.0 Å². The zero-order chi connectivity index (χ0) is 16.4. The molecule has 24 heavy (non-hydrogen) atoms. The predicted octanol–water partition coefficient (Wildman–Crippen LogP) is 2.17. The molecule has 1 fully saturated rings. The Morgan fingerprint density at radius 2 is 2.21 bits per heavy atom. The summed E-state index contributed by atoms with van der Waals surface area (Å²) in [5.41, 5.74) is 0. The molecule has 0 saturated heterocycles. The van der Waals surface area contributed by atoms with Crippen LogP contribution in [0.25, 0.3) is 5.78 Å². The number of nitrogens with one attached hydrogen (secondary N) is 1. The van der Waals surface area contributed by atoms with Crippen LogP contribution < -0.4 is 5.32 Å². The number of carbonyl (C=O) groups excluding carboxylic acids is 1. The van der Waals surface area contributed by atoms with Gasteiger partial charge in [-0.1, -0.05) is 24.6 Å². The monoisotopic (exact) mass is 343 g/mol. The second-order valence-corrected chi connectivity index (χ2v) is 6.64. The quantitative estimate of drug-likeness (QED) is 0.714. The summed E-state index contributed by atoms with van der Waals surface area (Å²) in [5, 5.41) is 12.1. The van der Waals surface area contributed by atoms with Crippen LogP contribution in [0, 0.1) is 0 Å². The van der Waals surface area contributed by atoms with Gasteiger partial charge in [-0.15, -0.1) is 5.10 Å². The van der Waals surface area contributed by atoms with Gasteiger partial charge >= 0.3 is 0 Å². The minimum atomic E-state index is -0.0911. The van der Waals surface area contributed by atoms with E-state index in [1.807, 2.05) is 10.7 Å². The van der Waals surface area contributed by atoms with E-state index >= 15 is 0 Å². The molecule has 1 aliphatic carbocycles. The molecule has 3 aromatic rings. The lowest BCUT2D eigenvalue weighted by molar-refractivity contribution is -0.113. The molecule has 1 aliphatic rings. The van der Waals surface area contributed by atoms with Gasteiger partial charge in [-0.05, 0) is 18.9 Å². The minimum Gasteiger partial charge on any atom is -0.310 e. The van der Waals surface area contributed by atoms with E-state index in [1.165, 1.54) is 24.6 Å². The summed E-state index contributed by atoms with van der Waals surface area (Å²) < 4.78 is 3.53. The maximum Gasteiger partial charge on any atom is 0.253 e. The van der Waals surface area contributed by atoms with Crippen molar-refractivity contribution < 1.29 is 4.79 Å². The fourth-order valence-electron chi connectivity index (χ4n) is 2.94. The van der Waals surface area contributed by atoms with Crippen molar-refractivity contribution in [3.05, 3.63) is 30.7 Å². The van der Waals surface area contributed by atoms with Crippen molar-refractivity contribution >= 4 is 29.3 Å². The van der Waals surface area contributed by atoms with Gasteiger partial charge in [0.15, 0.2) is 0 Å². The van der Waals surface area contributed by atoms with Crippen LogP contribution in [0.3, 0.4) is 0 Å². The highest BCUT2D eigenvalue weighted by molar-refractivity contribution is 7.99. The molecule has 3 heterocycles. The van der Waals surface area contributed by atoms with Crippen molar-refractivity contribution in [1.82, 2.24) is 29.4 Å². The zero-order valence-corrected chi connectivity index (χ0v) is 13.8. The molecule has 1 N–H and O–H groups in total. The van der Waals surface area contributed by atoms with Gasteiger partial charge in [-0.25, -0.2) is 14.2 Å². The SMILES string of the molecule is O=C(CSc1nc2ncccn2n1)Nc1ccnn1C1CCCC1. The van der Waals surface area contributed by atoms with E-state index in [9.17, 15) is 4.79 Å². The molecule has 0 atom stereocenters. The molecule has 4 rings (SSSR count). The Balaban J connectivity index is 1.37. The number of fused-ring (bicyclic) bond motifs is 1. The van der Waals surface area contributed by atoms with Gasteiger partial charge in [0, 0.05) is 18.5 Å². The van der Waals surface area contributed by atoms with Crippen LogP contribution >= 0.6 is 11.8 Å². The van der Waals surface area contributed by atoms with Crippen molar-refractivity contribution in [2.75, 3.05) is 11.1 Å². The van der Waals surface area contributed by atoms with Gasteiger partial charge in [-0.3, -0.25) is 4.79 Å². The van der Waals surface area contributed by atoms with Crippen LogP contribution in [0.15, 0.2) is 35.9 Å². The lowest BCUT2D eigenvalue weighted by atomic mass is 10.2. The number of rotatable bonds is 5. The van der Waals surface area contributed by atoms with Gasteiger partial charge in [0.05, 0.1) is 18.0 Å². The van der Waals surface area contributed by atoms with E-state index in [-0.39, 0.29) is 11.7 Å². The van der Waals surface area contributed by atoms with E-state index in [0.29, 0.717) is 17.0 Å². The fraction of sp³-hybridized carbons (Fsp3) is 0.400. The molecule has 0 aromatic carbocycles. The van der Waals surface area contributed by atoms with Gasteiger partial charge in [0.2, 0.25) is 11.1 Å². The summed E-state index contributed by atoms with van der Waals surface area (Å²) in [5.74, 6) is 1.44. The molecule has 124 valence electrons. The number of carbonyl (C=O) groups is 1. The van der Waals surface area contributed by atoms with Crippen molar-refractivity contribution in [1.29, 1.82) is 0 Å². The standard InChI is InChI=1S/C15H17N7OS/c23-13(10-24-15-19-14-16-7-3-9-21(14)20-15)18-12-6-8-17-22(12)11-4-1-2-5-11/h3,6-9,11H,1-2,4-5,10H2,(H,18,23). The van der Waals surface area contributed by atoms with Crippen LogP contribution in [0.2, 0.25) is 0 Å². The third-order valence-electron chi connectivity index (χ3n) is 4.04. The van der Waals surface area contributed by atoms with Crippen molar-refractivity contribution in [2.45, 2.75) is 36.9 Å². The van der Waals surface area contributed by atoms with Crippen LogP contribution in [0.5, 0.6) is 0 Å². The Bertz CT molecular complexity index is 819. The van der Waals surface area contributed by atoms with Crippen molar-refractivity contribution in [3.8, 4) is 0 Å². The maximum atomic E-state index is 12.2. The summed E-state index contributed by atoms with van der Waals surface area (Å²) in [7, 11) is 0. The highest BCUT2D eigenvalue weighted by Crippen LogP contribution is 2.31. The molecule has 3 aromatic heterocycles. The summed E-state index contributed by atoms with van der Waals surface area (Å²) >= 11 is 1.29. The summed E-state index contributed by atoms with van der Waals surface area (Å²) in [6.45, 7) is 0. The van der Waals surface area contributed by atoms with Crippen molar-refractivity contribution in [3.63, 3.8) is 0 Å². The molecule has 1 amide bonds. The number of anilines is 1. The summed E-state index contributed by atoms with van der Waals surface area (Å²) in [6, 6.07) is 4.02. The van der Waals surface area contributed by atoms with Gasteiger partial charge in [0.25, 0.3) is 5.78 Å². The number of hydrogen-bond donors (Lipinski definition) is 1. The van der Waals surface area contributed by atoms with Gasteiger partial charge < -0.3 is 5.32 Å². The van der Waals surface area contributed by atoms with Crippen molar-refractivity contribution in [2.24, 2.45) is 0 Å². The molecule has 0 spiro atoms. The fourth-order valence-corrected chi connectivity index (χ4v) is 3.56. The lowest BCUT2D eigenvalue weighted by Crippen LogP contribution is -2.19. The Labute approximate surface area is 142 Å². The molecule has 0 unspecified atom stereocenters. The number of nitrogens with zero attached hydrogens (tertiary/aromatic N) is 6. The second-order valence-electron chi connectivity index (χ2n) is 5.69. The summed E-state index contributed by atoms with van der Waals surface area (Å²) in [6.07, 6.45) is 9.86. The number of hydrogen-bond acceptors (Lipinski definition) is 6. The highest BCUT2D eigenvalue weighted by atomic mass is 32.2. The number of amides is 1. The number of thioether (sulfide) groups is 1. The lowest BCUT2D eigenvalue weighted by Gasteiger charge is -2.14. The highest BCUT2D eigenvalue weighted by Gasteiger charge is 2.20. The number of aromatic nitrogens is 6. The van der Waals surface area contributed by atoms with Crippen LogP contribution in [-0.4, -0.2) is 41.0 Å². The third-order valence-corrected chi connectivity index (χ3v) is 4.88. The van der Waals surface area contributed by atoms with E-state index in [0.717, 1.165) is 18.7 Å². The van der Waals surface area contributed by atoms with Crippen LogP contribution in [0.4, 0.5) is 5.82 Å². The zero-order valence-electron chi connectivity index (χ0n) is 13.0. The average molecular weight is 343 g/mol. The first-order chi connectivity index (χ1) is 11.8. The Morgan fingerprint density at radius 1 is 1.33 bits per heavy atom. The normalized spacial score (nSPS) is 15.2. The second kappa shape index (κ2) is 6.60. The first-order valence-electron chi connectivity index (χ1n) is 7.93. The van der Waals surface area contributed by atoms with Gasteiger partial charge in [0.1, 0.15) is 5.82 Å². The third kappa shape index (κ3) is 3.12. The van der Waals surface area contributed by atoms with E-state index < -0.39 is 0 Å². The molecule has 0 bridgehead atoms. The van der Waals surface area contributed by atoms with Crippen LogP contribution in [-0.2, 0) is 4.79 Å². The maximum absolute atomic E-state index is 12.2. The smallest absolute Gasteiger partial charge is 0.253 e. The molecule has 1 saturated carbocycles. The summed E-state index contributed by atoms with van der Waals surface area (Å²) in [4.78, 5) is 20.6. The minimum absolute atomic E-state index is 0.0911. The van der Waals surface area contributed by atoms with Gasteiger partial charge in [-0.2, -0.15) is 10.1 Å². The molecule has 9 heteroatoms. The molecular weight excluding hydrogens is 326 g/mol. The van der Waals surface area contributed by atoms with E-state index in [4.69, 9.17) is 0 Å². The Hall–Kier alpha value is -2.42. The average Bonchev–Trinajstić information content (AvgIpc) is 3.32. The van der Waals surface area contributed by atoms with Crippen LogP contribution in [0.1, 0.15) is 31.7 Å². The molecular formula is C15H17N7OS.